The zero-order valence-electron chi connectivity index (χ0n) is 12.3. The van der Waals surface area contributed by atoms with Gasteiger partial charge in [0.25, 0.3) is 0 Å². The molecular formula is C17H27N. The van der Waals surface area contributed by atoms with Crippen molar-refractivity contribution >= 4 is 0 Å². The standard InChI is InChI=1S/C17H27N/c1-13(2)10-14-6-5-7-15(11-14)17(3)9-8-16(12-17)18-4/h5-7,11,13,16,18H,8-10,12H2,1-4H3. The fourth-order valence-corrected chi connectivity index (χ4v) is 3.29. The summed E-state index contributed by atoms with van der Waals surface area (Å²) in [6, 6.07) is 9.98. The minimum atomic E-state index is 0.376. The minimum absolute atomic E-state index is 0.376. The molecule has 2 rings (SSSR count). The van der Waals surface area contributed by atoms with Crippen LogP contribution in [0.15, 0.2) is 24.3 Å². The second kappa shape index (κ2) is 5.44. The third-order valence-corrected chi connectivity index (χ3v) is 4.42. The molecule has 0 saturated heterocycles. The van der Waals surface area contributed by atoms with Gasteiger partial charge in [-0.3, -0.25) is 0 Å². The first-order valence-electron chi connectivity index (χ1n) is 7.30. The van der Waals surface area contributed by atoms with Crippen LogP contribution < -0.4 is 5.32 Å². The highest BCUT2D eigenvalue weighted by atomic mass is 14.9. The van der Waals surface area contributed by atoms with Crippen LogP contribution in [0, 0.1) is 5.92 Å². The van der Waals surface area contributed by atoms with Crippen molar-refractivity contribution in [2.75, 3.05) is 7.05 Å². The highest BCUT2D eigenvalue weighted by Gasteiger charge is 2.35. The zero-order chi connectivity index (χ0) is 13.2. The van der Waals surface area contributed by atoms with E-state index in [4.69, 9.17) is 0 Å². The van der Waals surface area contributed by atoms with Crippen LogP contribution in [0.3, 0.4) is 0 Å². The molecule has 1 saturated carbocycles. The van der Waals surface area contributed by atoms with Gasteiger partial charge in [0, 0.05) is 6.04 Å². The molecule has 0 radical (unpaired) electrons. The van der Waals surface area contributed by atoms with Crippen molar-refractivity contribution in [1.29, 1.82) is 0 Å². The average Bonchev–Trinajstić information content (AvgIpc) is 2.72. The highest BCUT2D eigenvalue weighted by Crippen LogP contribution is 2.40. The number of nitrogens with one attached hydrogen (secondary N) is 1. The molecule has 100 valence electrons. The number of hydrogen-bond acceptors (Lipinski definition) is 1. The van der Waals surface area contributed by atoms with Gasteiger partial charge in [-0.05, 0) is 55.2 Å². The normalized spacial score (nSPS) is 27.9. The average molecular weight is 245 g/mol. The van der Waals surface area contributed by atoms with Gasteiger partial charge in [-0.15, -0.1) is 0 Å². The van der Waals surface area contributed by atoms with E-state index in [1.807, 2.05) is 0 Å². The Morgan fingerprint density at radius 1 is 1.39 bits per heavy atom. The lowest BCUT2D eigenvalue weighted by atomic mass is 9.80. The number of rotatable bonds is 4. The molecule has 0 aliphatic heterocycles. The molecule has 0 aromatic heterocycles. The third-order valence-electron chi connectivity index (χ3n) is 4.42. The molecule has 1 aliphatic carbocycles. The van der Waals surface area contributed by atoms with Crippen LogP contribution in [0.25, 0.3) is 0 Å². The van der Waals surface area contributed by atoms with E-state index in [-0.39, 0.29) is 0 Å². The lowest BCUT2D eigenvalue weighted by molar-refractivity contribution is 0.466. The summed E-state index contributed by atoms with van der Waals surface area (Å²) in [5.74, 6) is 0.738. The topological polar surface area (TPSA) is 12.0 Å². The largest absolute Gasteiger partial charge is 0.317 e. The Hall–Kier alpha value is -0.820. The molecule has 1 aliphatic rings. The van der Waals surface area contributed by atoms with E-state index < -0.39 is 0 Å². The van der Waals surface area contributed by atoms with Crippen LogP contribution in [-0.2, 0) is 11.8 Å². The van der Waals surface area contributed by atoms with E-state index in [9.17, 15) is 0 Å². The first kappa shape index (κ1) is 13.6. The molecule has 0 amide bonds. The summed E-state index contributed by atoms with van der Waals surface area (Å²) in [5, 5.41) is 3.44. The van der Waals surface area contributed by atoms with Crippen LogP contribution in [0.5, 0.6) is 0 Å². The Balaban J connectivity index is 2.18. The second-order valence-corrected chi connectivity index (χ2v) is 6.59. The summed E-state index contributed by atoms with van der Waals surface area (Å²) < 4.78 is 0. The van der Waals surface area contributed by atoms with E-state index in [0.717, 1.165) is 5.92 Å². The summed E-state index contributed by atoms with van der Waals surface area (Å²) in [7, 11) is 2.09. The molecule has 1 N–H and O–H groups in total. The quantitative estimate of drug-likeness (QED) is 0.848. The number of benzene rings is 1. The van der Waals surface area contributed by atoms with Gasteiger partial charge < -0.3 is 5.32 Å². The maximum atomic E-state index is 3.44. The molecular weight excluding hydrogens is 218 g/mol. The SMILES string of the molecule is CNC1CCC(C)(c2cccc(CC(C)C)c2)C1. The number of hydrogen-bond donors (Lipinski definition) is 1. The van der Waals surface area contributed by atoms with Crippen molar-refractivity contribution in [2.24, 2.45) is 5.92 Å². The van der Waals surface area contributed by atoms with Gasteiger partial charge in [-0.25, -0.2) is 0 Å². The Morgan fingerprint density at radius 2 is 2.17 bits per heavy atom. The molecule has 0 heterocycles. The summed E-state index contributed by atoms with van der Waals surface area (Å²) in [6.45, 7) is 7.01. The van der Waals surface area contributed by atoms with Crippen LogP contribution in [0.1, 0.15) is 51.2 Å². The molecule has 0 spiro atoms. The van der Waals surface area contributed by atoms with Gasteiger partial charge in [-0.1, -0.05) is 45.0 Å². The van der Waals surface area contributed by atoms with Crippen LogP contribution >= 0.6 is 0 Å². The summed E-state index contributed by atoms with van der Waals surface area (Å²) in [4.78, 5) is 0. The lowest BCUT2D eigenvalue weighted by Gasteiger charge is -2.25. The minimum Gasteiger partial charge on any atom is -0.317 e. The zero-order valence-corrected chi connectivity index (χ0v) is 12.3. The van der Waals surface area contributed by atoms with Crippen molar-refractivity contribution in [2.45, 2.75) is 57.9 Å². The first-order chi connectivity index (χ1) is 8.53. The Morgan fingerprint density at radius 3 is 2.78 bits per heavy atom. The van der Waals surface area contributed by atoms with E-state index in [1.165, 1.54) is 31.2 Å². The first-order valence-corrected chi connectivity index (χ1v) is 7.30. The molecule has 1 nitrogen and oxygen atoms in total. The molecule has 2 atom stereocenters. The third kappa shape index (κ3) is 2.95. The molecule has 1 aromatic carbocycles. The molecule has 1 aromatic rings. The van der Waals surface area contributed by atoms with Crippen molar-refractivity contribution in [3.8, 4) is 0 Å². The Kier molecular flexibility index (Phi) is 4.11. The molecule has 0 bridgehead atoms. The Bertz CT molecular complexity index is 396. The van der Waals surface area contributed by atoms with Crippen molar-refractivity contribution in [3.63, 3.8) is 0 Å². The maximum Gasteiger partial charge on any atom is 0.00727 e. The summed E-state index contributed by atoms with van der Waals surface area (Å²) in [5.41, 5.74) is 3.41. The van der Waals surface area contributed by atoms with Gasteiger partial charge >= 0.3 is 0 Å². The van der Waals surface area contributed by atoms with Crippen molar-refractivity contribution < 1.29 is 0 Å². The van der Waals surface area contributed by atoms with E-state index in [0.29, 0.717) is 11.5 Å². The fourth-order valence-electron chi connectivity index (χ4n) is 3.29. The van der Waals surface area contributed by atoms with Crippen molar-refractivity contribution in [1.82, 2.24) is 5.32 Å². The fraction of sp³-hybridized carbons (Fsp3) is 0.647. The lowest BCUT2D eigenvalue weighted by Crippen LogP contribution is -2.25. The van der Waals surface area contributed by atoms with Crippen molar-refractivity contribution in [3.05, 3.63) is 35.4 Å². The smallest absolute Gasteiger partial charge is 0.00727 e. The van der Waals surface area contributed by atoms with Gasteiger partial charge in [0.15, 0.2) is 0 Å². The van der Waals surface area contributed by atoms with Crippen LogP contribution in [0.4, 0.5) is 0 Å². The van der Waals surface area contributed by atoms with E-state index in [1.54, 1.807) is 5.56 Å². The molecule has 1 heteroatoms. The van der Waals surface area contributed by atoms with Gasteiger partial charge in [0.1, 0.15) is 0 Å². The molecule has 2 unspecified atom stereocenters. The van der Waals surface area contributed by atoms with Gasteiger partial charge in [0.05, 0.1) is 0 Å². The predicted molar refractivity (Wildman–Crippen MR) is 79.0 cm³/mol. The molecule has 1 fully saturated rings. The van der Waals surface area contributed by atoms with Crippen LogP contribution in [0.2, 0.25) is 0 Å². The second-order valence-electron chi connectivity index (χ2n) is 6.59. The summed E-state index contributed by atoms with van der Waals surface area (Å²) in [6.07, 6.45) is 5.08. The summed E-state index contributed by atoms with van der Waals surface area (Å²) >= 11 is 0. The highest BCUT2D eigenvalue weighted by molar-refractivity contribution is 5.31. The Labute approximate surface area is 112 Å². The molecule has 18 heavy (non-hydrogen) atoms. The van der Waals surface area contributed by atoms with E-state index >= 15 is 0 Å². The van der Waals surface area contributed by atoms with Gasteiger partial charge in [0.2, 0.25) is 0 Å². The van der Waals surface area contributed by atoms with E-state index in [2.05, 4.69) is 57.4 Å². The van der Waals surface area contributed by atoms with Gasteiger partial charge in [-0.2, -0.15) is 0 Å². The predicted octanol–water partition coefficient (Wildman–Crippen LogP) is 3.91. The van der Waals surface area contributed by atoms with Crippen LogP contribution in [-0.4, -0.2) is 13.1 Å². The maximum absolute atomic E-state index is 3.44. The monoisotopic (exact) mass is 245 g/mol.